The van der Waals surface area contributed by atoms with E-state index in [0.29, 0.717) is 13.1 Å². The molecule has 140 valence electrons. The van der Waals surface area contributed by atoms with Gasteiger partial charge in [0.25, 0.3) is 5.56 Å². The Kier molecular flexibility index (Phi) is 4.75. The second-order valence-electron chi connectivity index (χ2n) is 6.97. The van der Waals surface area contributed by atoms with Gasteiger partial charge in [-0.25, -0.2) is 9.67 Å². The molecular weight excluding hydrogens is 342 g/mol. The Balaban J connectivity index is 1.39. The molecule has 1 N–H and O–H groups in total. The van der Waals surface area contributed by atoms with Crippen LogP contribution in [0, 0.1) is 6.92 Å². The summed E-state index contributed by atoms with van der Waals surface area (Å²) in [6.07, 6.45) is 3.97. The van der Waals surface area contributed by atoms with Crippen LogP contribution >= 0.6 is 0 Å². The molecule has 0 radical (unpaired) electrons. The molecule has 0 aliphatic heterocycles. The first-order valence-corrected chi connectivity index (χ1v) is 9.40. The minimum Gasteiger partial charge on any atom is -0.353 e. The molecule has 2 heterocycles. The highest BCUT2D eigenvalue weighted by molar-refractivity contribution is 5.76. The number of hydrogen-bond donors (Lipinski definition) is 1. The average Bonchev–Trinajstić information content (AvgIpc) is 2.98. The summed E-state index contributed by atoms with van der Waals surface area (Å²) in [5, 5.41) is 7.28. The second-order valence-corrected chi connectivity index (χ2v) is 6.97. The Morgan fingerprint density at radius 2 is 2.04 bits per heavy atom. The topological polar surface area (TPSA) is 81.8 Å². The number of amides is 1. The molecule has 0 unspecified atom stereocenters. The number of para-hydroxylation sites is 2. The number of carbonyl (C=O) groups excluding carboxylic acids is 1. The molecule has 0 spiro atoms. The lowest BCUT2D eigenvalue weighted by molar-refractivity contribution is -0.121. The SMILES string of the molecule is Cc1nc2ccccc2n1CCNC(=O)Cn1nc2c(cc1=O)CCCC2. The van der Waals surface area contributed by atoms with E-state index in [9.17, 15) is 9.59 Å². The zero-order chi connectivity index (χ0) is 18.8. The number of aromatic nitrogens is 4. The molecule has 0 saturated heterocycles. The van der Waals surface area contributed by atoms with Gasteiger partial charge in [-0.05, 0) is 50.3 Å². The van der Waals surface area contributed by atoms with Crippen molar-refractivity contribution < 1.29 is 4.79 Å². The van der Waals surface area contributed by atoms with E-state index in [4.69, 9.17) is 0 Å². The van der Waals surface area contributed by atoms with Crippen molar-refractivity contribution in [2.75, 3.05) is 6.54 Å². The smallest absolute Gasteiger partial charge is 0.267 e. The van der Waals surface area contributed by atoms with E-state index >= 15 is 0 Å². The highest BCUT2D eigenvalue weighted by atomic mass is 16.2. The summed E-state index contributed by atoms with van der Waals surface area (Å²) >= 11 is 0. The molecule has 3 aromatic rings. The summed E-state index contributed by atoms with van der Waals surface area (Å²) in [5.74, 6) is 0.709. The molecule has 1 amide bonds. The minimum atomic E-state index is -0.206. The molecule has 7 heteroatoms. The fourth-order valence-corrected chi connectivity index (χ4v) is 3.69. The van der Waals surface area contributed by atoms with Crippen molar-refractivity contribution >= 4 is 16.9 Å². The molecule has 4 rings (SSSR count). The van der Waals surface area contributed by atoms with Crippen molar-refractivity contribution in [3.63, 3.8) is 0 Å². The molecule has 0 atom stereocenters. The van der Waals surface area contributed by atoms with Gasteiger partial charge in [-0.15, -0.1) is 0 Å². The van der Waals surface area contributed by atoms with Crippen LogP contribution < -0.4 is 10.9 Å². The zero-order valence-electron chi connectivity index (χ0n) is 15.4. The number of nitrogens with one attached hydrogen (secondary N) is 1. The van der Waals surface area contributed by atoms with Crippen LogP contribution in [0.4, 0.5) is 0 Å². The molecule has 27 heavy (non-hydrogen) atoms. The first kappa shape index (κ1) is 17.5. The molecule has 1 aliphatic rings. The Hall–Kier alpha value is -2.96. The lowest BCUT2D eigenvalue weighted by Crippen LogP contribution is -2.36. The van der Waals surface area contributed by atoms with Gasteiger partial charge in [0, 0.05) is 19.2 Å². The van der Waals surface area contributed by atoms with E-state index in [1.807, 2.05) is 31.2 Å². The summed E-state index contributed by atoms with van der Waals surface area (Å²) < 4.78 is 3.36. The van der Waals surface area contributed by atoms with E-state index in [0.717, 1.165) is 53.8 Å². The standard InChI is InChI=1S/C20H23N5O2/c1-14-22-17-8-4-5-9-18(17)24(14)11-10-21-19(26)13-25-20(27)12-15-6-2-3-7-16(15)23-25/h4-5,8-9,12H,2-3,6-7,10-11,13H2,1H3,(H,21,26). The maximum absolute atomic E-state index is 12.3. The van der Waals surface area contributed by atoms with Crippen molar-refractivity contribution in [3.05, 3.63) is 57.8 Å². The van der Waals surface area contributed by atoms with Crippen molar-refractivity contribution in [1.82, 2.24) is 24.6 Å². The maximum Gasteiger partial charge on any atom is 0.267 e. The van der Waals surface area contributed by atoms with E-state index in [2.05, 4.69) is 20.0 Å². The summed E-state index contributed by atoms with van der Waals surface area (Å²) in [5.41, 5.74) is 3.78. The largest absolute Gasteiger partial charge is 0.353 e. The van der Waals surface area contributed by atoms with Gasteiger partial charge >= 0.3 is 0 Å². The second kappa shape index (κ2) is 7.34. The average molecular weight is 365 g/mol. The molecule has 0 saturated carbocycles. The molecule has 2 aromatic heterocycles. The van der Waals surface area contributed by atoms with Crippen molar-refractivity contribution in [2.24, 2.45) is 0 Å². The predicted octanol–water partition coefficient (Wildman–Crippen LogP) is 1.60. The Morgan fingerprint density at radius 1 is 1.22 bits per heavy atom. The number of imidazole rings is 1. The molecule has 0 fully saturated rings. The van der Waals surface area contributed by atoms with Crippen LogP contribution in [-0.4, -0.2) is 31.8 Å². The predicted molar refractivity (Wildman–Crippen MR) is 103 cm³/mol. The van der Waals surface area contributed by atoms with Crippen LogP contribution in [0.15, 0.2) is 35.1 Å². The van der Waals surface area contributed by atoms with Crippen LogP contribution in [0.1, 0.15) is 29.9 Å². The summed E-state index contributed by atoms with van der Waals surface area (Å²) in [6, 6.07) is 9.58. The number of hydrogen-bond acceptors (Lipinski definition) is 4. The Morgan fingerprint density at radius 3 is 2.93 bits per heavy atom. The van der Waals surface area contributed by atoms with Gasteiger partial charge in [0.05, 0.1) is 16.7 Å². The van der Waals surface area contributed by atoms with Gasteiger partial charge in [0.2, 0.25) is 5.91 Å². The lowest BCUT2D eigenvalue weighted by Gasteiger charge is -2.15. The molecule has 1 aromatic carbocycles. The summed E-state index contributed by atoms with van der Waals surface area (Å²) in [4.78, 5) is 29.0. The molecule has 7 nitrogen and oxygen atoms in total. The minimum absolute atomic E-state index is 0.0459. The third-order valence-electron chi connectivity index (χ3n) is 5.07. The highest BCUT2D eigenvalue weighted by Crippen LogP contribution is 2.17. The number of carbonyl (C=O) groups is 1. The van der Waals surface area contributed by atoms with Crippen LogP contribution in [0.25, 0.3) is 11.0 Å². The first-order chi connectivity index (χ1) is 13.1. The van der Waals surface area contributed by atoms with Crippen LogP contribution in [0.2, 0.25) is 0 Å². The zero-order valence-corrected chi connectivity index (χ0v) is 15.4. The number of fused-ring (bicyclic) bond motifs is 2. The van der Waals surface area contributed by atoms with Crippen molar-refractivity contribution in [1.29, 1.82) is 0 Å². The molecule has 1 aliphatic carbocycles. The number of aryl methyl sites for hydroxylation is 3. The Labute approximate surface area is 157 Å². The lowest BCUT2D eigenvalue weighted by atomic mass is 9.97. The van der Waals surface area contributed by atoms with E-state index in [1.54, 1.807) is 6.07 Å². The van der Waals surface area contributed by atoms with Gasteiger partial charge in [-0.1, -0.05) is 12.1 Å². The fraction of sp³-hybridized carbons (Fsp3) is 0.400. The quantitative estimate of drug-likeness (QED) is 0.745. The third kappa shape index (κ3) is 3.63. The highest BCUT2D eigenvalue weighted by Gasteiger charge is 2.14. The number of nitrogens with zero attached hydrogens (tertiary/aromatic N) is 4. The van der Waals surface area contributed by atoms with Crippen LogP contribution in [0.3, 0.4) is 0 Å². The normalized spacial score (nSPS) is 13.5. The number of rotatable bonds is 5. The van der Waals surface area contributed by atoms with Crippen LogP contribution in [0.5, 0.6) is 0 Å². The monoisotopic (exact) mass is 365 g/mol. The van der Waals surface area contributed by atoms with Crippen LogP contribution in [-0.2, 0) is 30.7 Å². The summed E-state index contributed by atoms with van der Waals surface area (Å²) in [7, 11) is 0. The molecule has 0 bridgehead atoms. The van der Waals surface area contributed by atoms with Gasteiger partial charge in [-0.3, -0.25) is 9.59 Å². The van der Waals surface area contributed by atoms with Crippen molar-refractivity contribution in [3.8, 4) is 0 Å². The molecular formula is C20H23N5O2. The van der Waals surface area contributed by atoms with Gasteiger partial charge < -0.3 is 9.88 Å². The van der Waals surface area contributed by atoms with E-state index < -0.39 is 0 Å². The van der Waals surface area contributed by atoms with Gasteiger partial charge in [0.15, 0.2) is 0 Å². The fourth-order valence-electron chi connectivity index (χ4n) is 3.69. The maximum atomic E-state index is 12.3. The summed E-state index contributed by atoms with van der Waals surface area (Å²) in [6.45, 7) is 3.01. The number of benzene rings is 1. The van der Waals surface area contributed by atoms with Gasteiger partial charge in [-0.2, -0.15) is 5.10 Å². The Bertz CT molecular complexity index is 1050. The van der Waals surface area contributed by atoms with Gasteiger partial charge in [0.1, 0.15) is 12.4 Å². The first-order valence-electron chi connectivity index (χ1n) is 9.40. The van der Waals surface area contributed by atoms with E-state index in [-0.39, 0.29) is 18.0 Å². The van der Waals surface area contributed by atoms with E-state index in [1.165, 1.54) is 4.68 Å². The van der Waals surface area contributed by atoms with Crippen molar-refractivity contribution in [2.45, 2.75) is 45.7 Å². The third-order valence-corrected chi connectivity index (χ3v) is 5.07.